The van der Waals surface area contributed by atoms with E-state index in [-0.39, 0.29) is 5.41 Å². The third-order valence-electron chi connectivity index (χ3n) is 3.85. The Labute approximate surface area is 132 Å². The van der Waals surface area contributed by atoms with Crippen LogP contribution in [0.5, 0.6) is 0 Å². The Balaban J connectivity index is 2.29. The van der Waals surface area contributed by atoms with Crippen molar-refractivity contribution in [2.45, 2.75) is 45.1 Å². The minimum Gasteiger partial charge on any atom is -0.388 e. The van der Waals surface area contributed by atoms with Crippen LogP contribution in [0.15, 0.2) is 48.5 Å². The predicted molar refractivity (Wildman–Crippen MR) is 90.0 cm³/mol. The monoisotopic (exact) mass is 296 g/mol. The van der Waals surface area contributed by atoms with Crippen LogP contribution >= 0.6 is 0 Å². The van der Waals surface area contributed by atoms with Crippen LogP contribution in [0, 0.1) is 0 Å². The van der Waals surface area contributed by atoms with Gasteiger partial charge in [-0.3, -0.25) is 0 Å². The van der Waals surface area contributed by atoms with E-state index in [2.05, 4.69) is 32.9 Å². The van der Waals surface area contributed by atoms with Crippen LogP contribution in [0.4, 0.5) is 0 Å². The Bertz CT molecular complexity index is 624. The first-order valence-corrected chi connectivity index (χ1v) is 7.70. The number of carbonyl (C=O) groups excluding carboxylic acids is 1. The van der Waals surface area contributed by atoms with E-state index in [1.54, 1.807) is 0 Å². The molecule has 22 heavy (non-hydrogen) atoms. The van der Waals surface area contributed by atoms with E-state index >= 15 is 0 Å². The van der Waals surface area contributed by atoms with Gasteiger partial charge in [0.15, 0.2) is 0 Å². The Morgan fingerprint density at radius 3 is 2.27 bits per heavy atom. The molecule has 116 valence electrons. The summed E-state index contributed by atoms with van der Waals surface area (Å²) >= 11 is 0. The van der Waals surface area contributed by atoms with Crippen LogP contribution in [-0.4, -0.2) is 11.4 Å². The van der Waals surface area contributed by atoms with Gasteiger partial charge in [-0.25, -0.2) is 0 Å². The maximum atomic E-state index is 10.8. The highest BCUT2D eigenvalue weighted by atomic mass is 16.3. The Kier molecular flexibility index (Phi) is 5.15. The van der Waals surface area contributed by atoms with E-state index in [9.17, 15) is 9.90 Å². The molecule has 0 aliphatic heterocycles. The molecule has 0 aliphatic carbocycles. The zero-order valence-corrected chi connectivity index (χ0v) is 13.5. The van der Waals surface area contributed by atoms with Crippen LogP contribution in [0.1, 0.15) is 49.1 Å². The number of aldehydes is 1. The fraction of sp³-hybridized carbons (Fsp3) is 0.350. The van der Waals surface area contributed by atoms with Crippen LogP contribution < -0.4 is 0 Å². The standard InChI is InChI=1S/C20H24O2/c1-20(2,3)18-12-15(9-10-21)11-16(13-18)14-19(22)17-7-5-4-6-8-17/h4-8,10-13,19,22H,9,14H2,1-3H3. The third kappa shape index (κ3) is 4.28. The largest absolute Gasteiger partial charge is 0.388 e. The molecule has 1 atom stereocenters. The number of hydrogen-bond donors (Lipinski definition) is 1. The molecule has 2 nitrogen and oxygen atoms in total. The number of hydrogen-bond acceptors (Lipinski definition) is 2. The fourth-order valence-corrected chi connectivity index (χ4v) is 2.54. The lowest BCUT2D eigenvalue weighted by atomic mass is 9.84. The van der Waals surface area contributed by atoms with Gasteiger partial charge in [0.1, 0.15) is 6.29 Å². The maximum Gasteiger partial charge on any atom is 0.124 e. The fourth-order valence-electron chi connectivity index (χ4n) is 2.54. The molecule has 0 bridgehead atoms. The maximum absolute atomic E-state index is 10.8. The van der Waals surface area contributed by atoms with E-state index < -0.39 is 6.10 Å². The molecule has 0 aromatic heterocycles. The van der Waals surface area contributed by atoms with Gasteiger partial charge in [0, 0.05) is 12.8 Å². The summed E-state index contributed by atoms with van der Waals surface area (Å²) in [4.78, 5) is 10.8. The highest BCUT2D eigenvalue weighted by Gasteiger charge is 2.17. The van der Waals surface area contributed by atoms with Gasteiger partial charge in [0.05, 0.1) is 6.10 Å². The molecule has 0 saturated heterocycles. The van der Waals surface area contributed by atoms with Crippen molar-refractivity contribution < 1.29 is 9.90 Å². The highest BCUT2D eigenvalue weighted by molar-refractivity contribution is 5.55. The minimum atomic E-state index is -0.527. The van der Waals surface area contributed by atoms with Gasteiger partial charge >= 0.3 is 0 Å². The topological polar surface area (TPSA) is 37.3 Å². The first-order chi connectivity index (χ1) is 10.4. The summed E-state index contributed by atoms with van der Waals surface area (Å²) in [7, 11) is 0. The lowest BCUT2D eigenvalue weighted by Gasteiger charge is -2.22. The van der Waals surface area contributed by atoms with Crippen molar-refractivity contribution >= 4 is 6.29 Å². The lowest BCUT2D eigenvalue weighted by Crippen LogP contribution is -2.13. The van der Waals surface area contributed by atoms with Gasteiger partial charge in [0.2, 0.25) is 0 Å². The van der Waals surface area contributed by atoms with Crippen molar-refractivity contribution in [3.63, 3.8) is 0 Å². The van der Waals surface area contributed by atoms with Crippen molar-refractivity contribution in [3.8, 4) is 0 Å². The Morgan fingerprint density at radius 1 is 1.05 bits per heavy atom. The molecule has 2 rings (SSSR count). The average molecular weight is 296 g/mol. The molecule has 2 heteroatoms. The van der Waals surface area contributed by atoms with Gasteiger partial charge in [-0.05, 0) is 27.7 Å². The molecule has 0 amide bonds. The lowest BCUT2D eigenvalue weighted by molar-refractivity contribution is -0.107. The molecule has 0 heterocycles. The van der Waals surface area contributed by atoms with Crippen molar-refractivity contribution in [1.29, 1.82) is 0 Å². The van der Waals surface area contributed by atoms with E-state index in [1.165, 1.54) is 5.56 Å². The second kappa shape index (κ2) is 6.89. The number of carbonyl (C=O) groups is 1. The number of rotatable bonds is 5. The van der Waals surface area contributed by atoms with Crippen molar-refractivity contribution in [2.24, 2.45) is 0 Å². The molecule has 0 spiro atoms. The number of aliphatic hydroxyl groups excluding tert-OH is 1. The minimum absolute atomic E-state index is 0.0192. The molecule has 0 aliphatic rings. The van der Waals surface area contributed by atoms with Gasteiger partial charge in [-0.1, -0.05) is 69.3 Å². The highest BCUT2D eigenvalue weighted by Crippen LogP contribution is 2.27. The van der Waals surface area contributed by atoms with Gasteiger partial charge < -0.3 is 9.90 Å². The zero-order chi connectivity index (χ0) is 16.2. The Morgan fingerprint density at radius 2 is 1.68 bits per heavy atom. The van der Waals surface area contributed by atoms with Crippen molar-refractivity contribution in [3.05, 3.63) is 70.8 Å². The second-order valence-corrected chi connectivity index (χ2v) is 6.79. The summed E-state index contributed by atoms with van der Waals surface area (Å²) in [5.41, 5.74) is 4.21. The molecule has 2 aromatic rings. The van der Waals surface area contributed by atoms with Crippen LogP contribution in [-0.2, 0) is 23.1 Å². The first kappa shape index (κ1) is 16.4. The molecular weight excluding hydrogens is 272 g/mol. The van der Waals surface area contributed by atoms with Crippen LogP contribution in [0.25, 0.3) is 0 Å². The van der Waals surface area contributed by atoms with E-state index in [0.29, 0.717) is 12.8 Å². The molecule has 2 aromatic carbocycles. The molecule has 0 radical (unpaired) electrons. The summed E-state index contributed by atoms with van der Waals surface area (Å²) < 4.78 is 0. The smallest absolute Gasteiger partial charge is 0.124 e. The van der Waals surface area contributed by atoms with Crippen molar-refractivity contribution in [1.82, 2.24) is 0 Å². The summed E-state index contributed by atoms with van der Waals surface area (Å²) in [6.45, 7) is 6.47. The molecule has 0 saturated carbocycles. The van der Waals surface area contributed by atoms with Crippen molar-refractivity contribution in [2.75, 3.05) is 0 Å². The average Bonchev–Trinajstić information content (AvgIpc) is 2.47. The van der Waals surface area contributed by atoms with Crippen LogP contribution in [0.3, 0.4) is 0 Å². The summed E-state index contributed by atoms with van der Waals surface area (Å²) in [6.07, 6.45) is 1.37. The normalized spacial score (nSPS) is 12.9. The molecule has 1 unspecified atom stereocenters. The summed E-state index contributed by atoms with van der Waals surface area (Å²) in [5.74, 6) is 0. The molecule has 1 N–H and O–H groups in total. The van der Waals surface area contributed by atoms with Crippen LogP contribution in [0.2, 0.25) is 0 Å². The van der Waals surface area contributed by atoms with Gasteiger partial charge in [-0.2, -0.15) is 0 Å². The zero-order valence-electron chi connectivity index (χ0n) is 13.5. The van der Waals surface area contributed by atoms with Gasteiger partial charge in [-0.15, -0.1) is 0 Å². The summed E-state index contributed by atoms with van der Waals surface area (Å²) in [6, 6.07) is 15.9. The number of aliphatic hydroxyl groups is 1. The first-order valence-electron chi connectivity index (χ1n) is 7.70. The second-order valence-electron chi connectivity index (χ2n) is 6.79. The third-order valence-corrected chi connectivity index (χ3v) is 3.85. The molecular formula is C20H24O2. The SMILES string of the molecule is CC(C)(C)c1cc(CC=O)cc(CC(O)c2ccccc2)c1. The van der Waals surface area contributed by atoms with E-state index in [1.807, 2.05) is 36.4 Å². The van der Waals surface area contributed by atoms with Gasteiger partial charge in [0.25, 0.3) is 0 Å². The quantitative estimate of drug-likeness (QED) is 0.847. The number of benzene rings is 2. The van der Waals surface area contributed by atoms with E-state index in [4.69, 9.17) is 0 Å². The molecule has 0 fully saturated rings. The van der Waals surface area contributed by atoms with E-state index in [0.717, 1.165) is 23.0 Å². The Hall–Kier alpha value is -1.93. The predicted octanol–water partition coefficient (Wildman–Crippen LogP) is 4.00. The summed E-state index contributed by atoms with van der Waals surface area (Å²) in [5, 5.41) is 10.4.